The van der Waals surface area contributed by atoms with E-state index in [1.165, 1.54) is 19.1 Å². The minimum atomic E-state index is -1.82. The van der Waals surface area contributed by atoms with Gasteiger partial charge in [0.1, 0.15) is 54.9 Å². The highest BCUT2D eigenvalue weighted by molar-refractivity contribution is 5.91. The molecule has 2 saturated heterocycles. The van der Waals surface area contributed by atoms with Gasteiger partial charge < -0.3 is 98.8 Å². The number of rotatable bonds is 18. The molecule has 0 aromatic heterocycles. The van der Waals surface area contributed by atoms with Gasteiger partial charge in [-0.3, -0.25) is 9.59 Å². The number of ether oxygens (including phenoxy) is 9. The number of methoxy groups -OCH3 is 1. The van der Waals surface area contributed by atoms with Crippen LogP contribution in [0.2, 0.25) is 0 Å². The molecule has 0 spiro atoms. The largest absolute Gasteiger partial charge is 0.478 e. The van der Waals surface area contributed by atoms with E-state index < -0.39 is 179 Å². The van der Waals surface area contributed by atoms with Crippen molar-refractivity contribution in [2.24, 2.45) is 35.5 Å². The minimum absolute atomic E-state index is 0.0936. The van der Waals surface area contributed by atoms with Gasteiger partial charge in [0.05, 0.1) is 63.4 Å². The highest BCUT2D eigenvalue weighted by Crippen LogP contribution is 2.45. The van der Waals surface area contributed by atoms with Crippen LogP contribution >= 0.6 is 0 Å². The van der Waals surface area contributed by atoms with Crippen molar-refractivity contribution in [3.63, 3.8) is 0 Å². The summed E-state index contributed by atoms with van der Waals surface area (Å²) in [5.74, 6) is -8.86. The lowest BCUT2D eigenvalue weighted by molar-refractivity contribution is -0.327. The second-order valence-corrected chi connectivity index (χ2v) is 16.9. The third-order valence-corrected chi connectivity index (χ3v) is 13.1. The van der Waals surface area contributed by atoms with Crippen molar-refractivity contribution in [2.75, 3.05) is 40.1 Å². The Morgan fingerprint density at radius 3 is 1.64 bits per heavy atom. The fourth-order valence-electron chi connectivity index (χ4n) is 9.16. The standard InChI is InChI=1S/C43H62O24/c1-5-19-22(25(38(56)57)15-61-40(19)66-42-36(54)34(52)32(50)28(12-46)64-42)8-30(48)60-14-24-17(3)27(7-21(24)18(10-44)11-45)63-31(49)9-23-20(6-2)41(62-16-26(23)39(58)59-4)67-43-37(55)35(53)33(51)29(13-47)65-43/h5-6,15-18,21-24,27-29,32-37,40-47,50-55H,7-14H2,1-4H3,(H,56,57)/b19-5-,20-6-/t17-,21-,22+,23-,24+,27-,28+,29+,32+,33+,34-,35-,36+,37+,40-,41+,42-,43-/m0/s1. The maximum atomic E-state index is 13.8. The van der Waals surface area contributed by atoms with Crippen LogP contribution in [0.3, 0.4) is 0 Å². The first-order valence-electron chi connectivity index (χ1n) is 21.7. The molecule has 24 nitrogen and oxygen atoms in total. The molecule has 378 valence electrons. The summed E-state index contributed by atoms with van der Waals surface area (Å²) in [6.45, 7) is 2.00. The van der Waals surface area contributed by atoms with Crippen LogP contribution in [0.5, 0.6) is 0 Å². The van der Waals surface area contributed by atoms with Crippen molar-refractivity contribution in [2.45, 2.75) is 120 Å². The Kier molecular flexibility index (Phi) is 19.2. The highest BCUT2D eigenvalue weighted by Gasteiger charge is 2.50. The summed E-state index contributed by atoms with van der Waals surface area (Å²) in [5, 5.41) is 112. The van der Waals surface area contributed by atoms with Gasteiger partial charge in [-0.15, -0.1) is 0 Å². The number of hydrogen-bond donors (Lipinski definition) is 11. The van der Waals surface area contributed by atoms with Crippen molar-refractivity contribution in [3.8, 4) is 0 Å². The predicted molar refractivity (Wildman–Crippen MR) is 218 cm³/mol. The minimum Gasteiger partial charge on any atom is -0.478 e. The van der Waals surface area contributed by atoms with Crippen LogP contribution in [0.1, 0.15) is 40.0 Å². The van der Waals surface area contributed by atoms with Gasteiger partial charge in [-0.2, -0.15) is 0 Å². The SMILES string of the molecule is C/C=C1\[C@@H](O[C@@H]2O[C@H](CO)[C@@H](O)[C@H](O)[C@H]2O)OC=C(C(=O)OC)[C@H]1CC(=O)O[C@H]1C[C@@H](C(CO)CO)[C@H](COC(=O)C[C@H]2C(C(=O)O)=CO[C@@H](O[C@@H]3O[C@H](CO)[C@@H](O)[C@H](O)[C@H]3O)/C2=C\C)[C@@H]1C. The molecule has 4 aliphatic heterocycles. The number of aliphatic hydroxyl groups excluding tert-OH is 10. The van der Waals surface area contributed by atoms with Gasteiger partial charge in [0.25, 0.3) is 0 Å². The topological polar surface area (TPSA) is 374 Å². The fraction of sp³-hybridized carbons (Fsp3) is 0.721. The van der Waals surface area contributed by atoms with Crippen molar-refractivity contribution in [1.82, 2.24) is 0 Å². The number of hydrogen-bond acceptors (Lipinski definition) is 23. The molecule has 0 radical (unpaired) electrons. The first-order chi connectivity index (χ1) is 31.9. The molecule has 4 heterocycles. The molecule has 0 bridgehead atoms. The Bertz CT molecular complexity index is 1840. The molecule has 18 atom stereocenters. The molecule has 1 aliphatic carbocycles. The normalized spacial score (nSPS) is 39.0. The quantitative estimate of drug-likeness (QED) is 0.0362. The van der Waals surface area contributed by atoms with E-state index in [9.17, 15) is 75.3 Å². The van der Waals surface area contributed by atoms with Crippen molar-refractivity contribution in [1.29, 1.82) is 0 Å². The zero-order chi connectivity index (χ0) is 49.4. The Morgan fingerprint density at radius 1 is 0.716 bits per heavy atom. The molecule has 0 amide bonds. The molecule has 3 fully saturated rings. The Labute approximate surface area is 384 Å². The van der Waals surface area contributed by atoms with Gasteiger partial charge in [0, 0.05) is 48.0 Å². The number of carboxylic acids is 1. The maximum absolute atomic E-state index is 13.8. The van der Waals surface area contributed by atoms with Gasteiger partial charge in [-0.25, -0.2) is 9.59 Å². The van der Waals surface area contributed by atoms with E-state index in [-0.39, 0.29) is 35.3 Å². The Morgan fingerprint density at radius 2 is 1.19 bits per heavy atom. The number of allylic oxidation sites excluding steroid dienone is 2. The van der Waals surface area contributed by atoms with Crippen molar-refractivity contribution < 1.29 is 118 Å². The molecule has 0 aromatic rings. The highest BCUT2D eigenvalue weighted by atomic mass is 16.8. The number of carboxylic acid groups (broad SMARTS) is 1. The number of aliphatic carboxylic acids is 1. The number of carbonyl (C=O) groups excluding carboxylic acids is 3. The van der Waals surface area contributed by atoms with E-state index in [0.29, 0.717) is 0 Å². The fourth-order valence-corrected chi connectivity index (χ4v) is 9.16. The maximum Gasteiger partial charge on any atom is 0.337 e. The predicted octanol–water partition coefficient (Wildman–Crippen LogP) is -3.41. The summed E-state index contributed by atoms with van der Waals surface area (Å²) in [7, 11) is 1.11. The lowest BCUT2D eigenvalue weighted by Gasteiger charge is -2.42. The molecule has 11 N–H and O–H groups in total. The molecule has 1 saturated carbocycles. The van der Waals surface area contributed by atoms with Crippen LogP contribution < -0.4 is 0 Å². The van der Waals surface area contributed by atoms with Crippen LogP contribution in [0, 0.1) is 35.5 Å². The summed E-state index contributed by atoms with van der Waals surface area (Å²) in [6.07, 6.45) is -16.5. The molecule has 0 aromatic carbocycles. The Balaban J connectivity index is 1.28. The molecular weight excluding hydrogens is 900 g/mol. The summed E-state index contributed by atoms with van der Waals surface area (Å²) >= 11 is 0. The van der Waals surface area contributed by atoms with E-state index in [1.807, 2.05) is 0 Å². The van der Waals surface area contributed by atoms with E-state index in [2.05, 4.69) is 0 Å². The van der Waals surface area contributed by atoms with Crippen LogP contribution in [-0.4, -0.2) is 200 Å². The van der Waals surface area contributed by atoms with E-state index >= 15 is 0 Å². The lowest BCUT2D eigenvalue weighted by Crippen LogP contribution is -2.60. The average molecular weight is 963 g/mol. The zero-order valence-corrected chi connectivity index (χ0v) is 37.2. The first-order valence-corrected chi connectivity index (χ1v) is 21.7. The van der Waals surface area contributed by atoms with Crippen molar-refractivity contribution in [3.05, 3.63) is 47.0 Å². The molecule has 24 heteroatoms. The third kappa shape index (κ3) is 11.8. The van der Waals surface area contributed by atoms with Crippen LogP contribution in [0.15, 0.2) is 47.0 Å². The number of carbonyl (C=O) groups is 4. The summed E-state index contributed by atoms with van der Waals surface area (Å²) in [4.78, 5) is 52.7. The third-order valence-electron chi connectivity index (χ3n) is 13.1. The monoisotopic (exact) mass is 962 g/mol. The van der Waals surface area contributed by atoms with E-state index in [0.717, 1.165) is 19.6 Å². The molecule has 0 unspecified atom stereocenters. The van der Waals surface area contributed by atoms with Gasteiger partial charge in [0.2, 0.25) is 12.6 Å². The Hall–Kier alpha value is -4.12. The zero-order valence-electron chi connectivity index (χ0n) is 37.2. The van der Waals surface area contributed by atoms with Gasteiger partial charge in [-0.05, 0) is 32.1 Å². The summed E-state index contributed by atoms with van der Waals surface area (Å²) in [6, 6.07) is 0. The van der Waals surface area contributed by atoms with Crippen LogP contribution in [-0.2, 0) is 61.8 Å². The molecule has 67 heavy (non-hydrogen) atoms. The van der Waals surface area contributed by atoms with Crippen LogP contribution in [0.4, 0.5) is 0 Å². The lowest BCUT2D eigenvalue weighted by atomic mass is 9.82. The smallest absolute Gasteiger partial charge is 0.337 e. The first kappa shape index (κ1) is 53.8. The number of esters is 3. The molecule has 5 aliphatic rings. The van der Waals surface area contributed by atoms with Gasteiger partial charge >= 0.3 is 23.9 Å². The van der Waals surface area contributed by atoms with Gasteiger partial charge in [0.15, 0.2) is 12.6 Å². The van der Waals surface area contributed by atoms with E-state index in [1.54, 1.807) is 13.8 Å². The number of aliphatic hydroxyl groups is 10. The summed E-state index contributed by atoms with van der Waals surface area (Å²) < 4.78 is 50.2. The van der Waals surface area contributed by atoms with E-state index in [4.69, 9.17) is 42.6 Å². The second-order valence-electron chi connectivity index (χ2n) is 16.9. The average Bonchev–Trinajstić information content (AvgIpc) is 3.61. The van der Waals surface area contributed by atoms with Crippen molar-refractivity contribution >= 4 is 23.9 Å². The molecule has 5 rings (SSSR count). The van der Waals surface area contributed by atoms with Gasteiger partial charge in [-0.1, -0.05) is 19.1 Å². The second kappa shape index (κ2) is 23.9. The summed E-state index contributed by atoms with van der Waals surface area (Å²) in [5.41, 5.74) is -0.197. The molecular formula is C43H62O24. The van der Waals surface area contributed by atoms with Crippen LogP contribution in [0.25, 0.3) is 0 Å².